The highest BCUT2D eigenvalue weighted by molar-refractivity contribution is 14.0. The zero-order valence-electron chi connectivity index (χ0n) is 17.6. The fraction of sp³-hybridized carbons (Fsp3) is 0.391. The average Bonchev–Trinajstić information content (AvgIpc) is 3.51. The molecule has 0 unspecified atom stereocenters. The fourth-order valence-corrected chi connectivity index (χ4v) is 4.22. The van der Waals surface area contributed by atoms with Crippen molar-refractivity contribution in [2.75, 3.05) is 19.6 Å². The Morgan fingerprint density at radius 2 is 1.63 bits per heavy atom. The Bertz CT molecular complexity index is 823. The van der Waals surface area contributed by atoms with Gasteiger partial charge in [-0.1, -0.05) is 30.3 Å². The summed E-state index contributed by atoms with van der Waals surface area (Å²) in [5.41, 5.74) is 1.76. The first-order valence-electron chi connectivity index (χ1n) is 10.3. The molecule has 30 heavy (non-hydrogen) atoms. The minimum atomic E-state index is -0.0387. The molecule has 162 valence electrons. The molecule has 5 nitrogen and oxygen atoms in total. The van der Waals surface area contributed by atoms with Gasteiger partial charge in [0.1, 0.15) is 0 Å². The Kier molecular flexibility index (Phi) is 9.97. The van der Waals surface area contributed by atoms with Gasteiger partial charge in [-0.25, -0.2) is 4.99 Å². The first kappa shape index (κ1) is 24.5. The van der Waals surface area contributed by atoms with Gasteiger partial charge >= 0.3 is 0 Å². The lowest BCUT2D eigenvalue weighted by molar-refractivity contribution is 0.0956. The second-order valence-corrected chi connectivity index (χ2v) is 8.74. The van der Waals surface area contributed by atoms with E-state index in [1.807, 2.05) is 43.0 Å². The molecule has 0 spiro atoms. The van der Waals surface area contributed by atoms with Crippen LogP contribution < -0.4 is 16.0 Å². The second kappa shape index (κ2) is 12.2. The molecule has 1 aliphatic carbocycles. The lowest BCUT2D eigenvalue weighted by Crippen LogP contribution is -2.41. The number of hydrogen-bond donors (Lipinski definition) is 3. The Balaban J connectivity index is 0.00000320. The van der Waals surface area contributed by atoms with Crippen molar-refractivity contribution in [3.05, 3.63) is 65.7 Å². The van der Waals surface area contributed by atoms with E-state index in [4.69, 9.17) is 4.99 Å². The molecule has 1 fully saturated rings. The van der Waals surface area contributed by atoms with E-state index in [1.54, 1.807) is 0 Å². The number of rotatable bonds is 9. The molecule has 0 bridgehead atoms. The van der Waals surface area contributed by atoms with Crippen LogP contribution in [-0.4, -0.2) is 36.2 Å². The van der Waals surface area contributed by atoms with E-state index in [0.29, 0.717) is 18.7 Å². The van der Waals surface area contributed by atoms with Crippen molar-refractivity contribution in [3.63, 3.8) is 0 Å². The summed E-state index contributed by atoms with van der Waals surface area (Å²) in [6.45, 7) is 6.91. The van der Waals surface area contributed by atoms with Crippen molar-refractivity contribution in [2.24, 2.45) is 4.99 Å². The van der Waals surface area contributed by atoms with Crippen LogP contribution in [0.5, 0.6) is 0 Å². The van der Waals surface area contributed by atoms with Crippen molar-refractivity contribution in [2.45, 2.75) is 42.9 Å². The predicted molar refractivity (Wildman–Crippen MR) is 137 cm³/mol. The summed E-state index contributed by atoms with van der Waals surface area (Å²) < 4.78 is 0.270. The monoisotopic (exact) mass is 538 g/mol. The number of hydrogen-bond acceptors (Lipinski definition) is 3. The summed E-state index contributed by atoms with van der Waals surface area (Å²) >= 11 is 1.96. The normalized spacial score (nSPS) is 14.4. The minimum absolute atomic E-state index is 0. The van der Waals surface area contributed by atoms with Crippen LogP contribution in [0.1, 0.15) is 42.6 Å². The molecule has 0 aliphatic heterocycles. The van der Waals surface area contributed by atoms with Crippen molar-refractivity contribution >= 4 is 47.6 Å². The van der Waals surface area contributed by atoms with E-state index >= 15 is 0 Å². The quantitative estimate of drug-likeness (QED) is 0.251. The molecule has 1 amide bonds. The summed E-state index contributed by atoms with van der Waals surface area (Å²) in [5, 5.41) is 9.66. The number of halogens is 1. The predicted octanol–water partition coefficient (Wildman–Crippen LogP) is 4.43. The maximum Gasteiger partial charge on any atom is 0.251 e. The number of benzene rings is 2. The summed E-state index contributed by atoms with van der Waals surface area (Å²) in [5.74, 6) is 0.795. The first-order chi connectivity index (χ1) is 14.1. The molecule has 0 heterocycles. The number of guanidine groups is 1. The van der Waals surface area contributed by atoms with Gasteiger partial charge in [0, 0.05) is 34.8 Å². The average molecular weight is 538 g/mol. The van der Waals surface area contributed by atoms with Crippen molar-refractivity contribution in [1.29, 1.82) is 0 Å². The summed E-state index contributed by atoms with van der Waals surface area (Å²) in [6, 6.07) is 18.2. The lowest BCUT2D eigenvalue weighted by Gasteiger charge is -2.18. The van der Waals surface area contributed by atoms with Gasteiger partial charge in [0.25, 0.3) is 5.91 Å². The largest absolute Gasteiger partial charge is 0.357 e. The number of nitrogens with one attached hydrogen (secondary N) is 3. The highest BCUT2D eigenvalue weighted by Crippen LogP contribution is 2.51. The molecule has 0 radical (unpaired) electrons. The van der Waals surface area contributed by atoms with Crippen LogP contribution in [0.25, 0.3) is 0 Å². The van der Waals surface area contributed by atoms with Crippen LogP contribution >= 0.6 is 35.7 Å². The molecular formula is C23H31IN4OS. The molecule has 0 atom stereocenters. The summed E-state index contributed by atoms with van der Waals surface area (Å²) in [4.78, 5) is 17.9. The third-order valence-electron chi connectivity index (χ3n) is 4.78. The maximum absolute atomic E-state index is 11.9. The van der Waals surface area contributed by atoms with Crippen molar-refractivity contribution < 1.29 is 4.79 Å². The van der Waals surface area contributed by atoms with E-state index in [1.165, 1.54) is 17.7 Å². The second-order valence-electron chi connectivity index (χ2n) is 7.20. The van der Waals surface area contributed by atoms with Gasteiger partial charge in [-0.05, 0) is 56.5 Å². The number of thioether (sulfide) groups is 1. The van der Waals surface area contributed by atoms with E-state index in [9.17, 15) is 4.79 Å². The fourth-order valence-electron chi connectivity index (χ4n) is 2.97. The van der Waals surface area contributed by atoms with Gasteiger partial charge in [-0.3, -0.25) is 4.79 Å². The van der Waals surface area contributed by atoms with Crippen LogP contribution in [-0.2, 0) is 6.54 Å². The minimum Gasteiger partial charge on any atom is -0.357 e. The van der Waals surface area contributed by atoms with Gasteiger partial charge in [-0.15, -0.1) is 35.7 Å². The van der Waals surface area contributed by atoms with Crippen LogP contribution in [0, 0.1) is 0 Å². The van der Waals surface area contributed by atoms with E-state index in [2.05, 4.69) is 53.2 Å². The number of carbonyl (C=O) groups is 1. The van der Waals surface area contributed by atoms with Gasteiger partial charge < -0.3 is 16.0 Å². The van der Waals surface area contributed by atoms with Crippen molar-refractivity contribution in [3.8, 4) is 0 Å². The summed E-state index contributed by atoms with van der Waals surface area (Å²) in [6.07, 6.45) is 2.44. The Morgan fingerprint density at radius 1 is 0.967 bits per heavy atom. The molecule has 1 saturated carbocycles. The lowest BCUT2D eigenvalue weighted by atomic mass is 10.1. The smallest absolute Gasteiger partial charge is 0.251 e. The van der Waals surface area contributed by atoms with E-state index in [-0.39, 0.29) is 34.6 Å². The molecule has 2 aromatic carbocycles. The van der Waals surface area contributed by atoms with E-state index in [0.717, 1.165) is 24.6 Å². The van der Waals surface area contributed by atoms with Gasteiger partial charge in [0.15, 0.2) is 5.96 Å². The molecular weight excluding hydrogens is 507 g/mol. The third kappa shape index (κ3) is 7.50. The Labute approximate surface area is 200 Å². The molecule has 3 N–H and O–H groups in total. The molecule has 1 aliphatic rings. The molecule has 2 aromatic rings. The van der Waals surface area contributed by atoms with Gasteiger partial charge in [-0.2, -0.15) is 0 Å². The zero-order chi connectivity index (χ0) is 20.5. The SMILES string of the molecule is CCNC(=O)c1ccc(CN=C(NCC)NCC2(Sc3ccccc3)CC2)cc1.I. The molecule has 0 aromatic heterocycles. The number of amides is 1. The Hall–Kier alpha value is -1.74. The van der Waals surface area contributed by atoms with E-state index < -0.39 is 0 Å². The topological polar surface area (TPSA) is 65.5 Å². The number of nitrogens with zero attached hydrogens (tertiary/aromatic N) is 1. The third-order valence-corrected chi connectivity index (χ3v) is 6.27. The van der Waals surface area contributed by atoms with Gasteiger partial charge in [0.2, 0.25) is 0 Å². The number of carbonyl (C=O) groups excluding carboxylic acids is 1. The number of aliphatic imine (C=N–C) groups is 1. The summed E-state index contributed by atoms with van der Waals surface area (Å²) in [7, 11) is 0. The molecule has 7 heteroatoms. The molecule has 3 rings (SSSR count). The van der Waals surface area contributed by atoms with Crippen LogP contribution in [0.3, 0.4) is 0 Å². The maximum atomic E-state index is 11.9. The zero-order valence-corrected chi connectivity index (χ0v) is 20.8. The van der Waals surface area contributed by atoms with Crippen molar-refractivity contribution in [1.82, 2.24) is 16.0 Å². The van der Waals surface area contributed by atoms with Crippen LogP contribution in [0.2, 0.25) is 0 Å². The van der Waals surface area contributed by atoms with Crippen LogP contribution in [0.4, 0.5) is 0 Å². The first-order valence-corrected chi connectivity index (χ1v) is 11.1. The highest BCUT2D eigenvalue weighted by atomic mass is 127. The van der Waals surface area contributed by atoms with Crippen LogP contribution in [0.15, 0.2) is 64.5 Å². The standard InChI is InChI=1S/C23H30N4OS.HI/c1-3-24-21(28)19-12-10-18(11-13-19)16-26-22(25-4-2)27-17-23(14-15-23)29-20-8-6-5-7-9-20;/h5-13H,3-4,14-17H2,1-2H3,(H,24,28)(H2,25,26,27);1H. The van der Waals surface area contributed by atoms with Gasteiger partial charge in [0.05, 0.1) is 6.54 Å². The molecule has 0 saturated heterocycles. The highest BCUT2D eigenvalue weighted by Gasteiger charge is 2.43. The Morgan fingerprint density at radius 3 is 2.23 bits per heavy atom.